The second kappa shape index (κ2) is 7.14. The van der Waals surface area contributed by atoms with E-state index in [0.29, 0.717) is 0 Å². The molecule has 24 heavy (non-hydrogen) atoms. The molecule has 0 aliphatic carbocycles. The lowest BCUT2D eigenvalue weighted by Crippen LogP contribution is -2.14. The van der Waals surface area contributed by atoms with Gasteiger partial charge in [-0.05, 0) is 24.1 Å². The highest BCUT2D eigenvalue weighted by Gasteiger charge is 2.32. The van der Waals surface area contributed by atoms with Crippen LogP contribution in [0.3, 0.4) is 0 Å². The maximum atomic E-state index is 12.9. The molecule has 0 aliphatic heterocycles. The number of hydrogen-bond donors (Lipinski definition) is 1. The van der Waals surface area contributed by atoms with Crippen LogP contribution in [-0.2, 0) is 22.3 Å². The van der Waals surface area contributed by atoms with Gasteiger partial charge < -0.3 is 9.84 Å². The number of esters is 1. The molecular weight excluding hydrogens is 343 g/mol. The van der Waals surface area contributed by atoms with E-state index in [0.717, 1.165) is 17.4 Å². The van der Waals surface area contributed by atoms with E-state index < -0.39 is 23.8 Å². The molecule has 2 aromatic rings. The molecule has 0 amide bonds. The Morgan fingerprint density at radius 3 is 2.75 bits per heavy atom. The van der Waals surface area contributed by atoms with Crippen LogP contribution in [0, 0.1) is 6.92 Å². The van der Waals surface area contributed by atoms with Crippen LogP contribution in [0.5, 0.6) is 0 Å². The van der Waals surface area contributed by atoms with Gasteiger partial charge in [0.15, 0.2) is 0 Å². The fraction of sp³-hybridized carbons (Fsp3) is 0.250. The van der Waals surface area contributed by atoms with Crippen molar-refractivity contribution >= 4 is 17.3 Å². The number of carbonyl (C=O) groups excluding carboxylic acids is 1. The number of nitrogens with zero attached hydrogens (tertiary/aromatic N) is 1. The molecule has 0 fully saturated rings. The van der Waals surface area contributed by atoms with Crippen molar-refractivity contribution in [2.75, 3.05) is 0 Å². The van der Waals surface area contributed by atoms with Gasteiger partial charge in [0.1, 0.15) is 17.7 Å². The number of alkyl halides is 3. The number of ether oxygens (including phenoxy) is 1. The minimum absolute atomic E-state index is 0.0844. The maximum absolute atomic E-state index is 12.9. The van der Waals surface area contributed by atoms with Crippen molar-refractivity contribution in [1.29, 1.82) is 0 Å². The van der Waals surface area contributed by atoms with Crippen molar-refractivity contribution in [3.63, 3.8) is 0 Å². The molecule has 1 aromatic carbocycles. The minimum Gasteiger partial charge on any atom is -0.457 e. The van der Waals surface area contributed by atoms with Crippen LogP contribution in [0.15, 0.2) is 41.9 Å². The topological polar surface area (TPSA) is 59.4 Å². The van der Waals surface area contributed by atoms with Gasteiger partial charge in [-0.1, -0.05) is 18.7 Å². The summed E-state index contributed by atoms with van der Waals surface area (Å²) < 4.78 is 43.5. The predicted octanol–water partition coefficient (Wildman–Crippen LogP) is 3.80. The Bertz CT molecular complexity index is 742. The molecule has 128 valence electrons. The summed E-state index contributed by atoms with van der Waals surface area (Å²) in [7, 11) is 0. The van der Waals surface area contributed by atoms with E-state index in [1.807, 2.05) is 0 Å². The van der Waals surface area contributed by atoms with Crippen molar-refractivity contribution in [3.05, 3.63) is 63.6 Å². The summed E-state index contributed by atoms with van der Waals surface area (Å²) in [5, 5.41) is 11.8. The maximum Gasteiger partial charge on any atom is 0.416 e. The highest BCUT2D eigenvalue weighted by atomic mass is 32.1. The number of thiazole rings is 1. The Morgan fingerprint density at radius 2 is 2.17 bits per heavy atom. The number of aliphatic hydroxyl groups excluding tert-OH is 1. The third kappa shape index (κ3) is 4.21. The summed E-state index contributed by atoms with van der Waals surface area (Å²) in [5.41, 5.74) is -0.732. The Morgan fingerprint density at radius 1 is 1.46 bits per heavy atom. The first-order valence-corrected chi connectivity index (χ1v) is 7.68. The molecule has 1 heterocycles. The SMILES string of the molecule is C=C(C(=O)OCc1ccc(C)c(C(F)(F)F)c1)C(O)c1nccs1. The third-order valence-corrected chi connectivity index (χ3v) is 4.08. The Hall–Kier alpha value is -2.19. The van der Waals surface area contributed by atoms with E-state index in [2.05, 4.69) is 11.6 Å². The summed E-state index contributed by atoms with van der Waals surface area (Å²) in [5.74, 6) is -0.896. The predicted molar refractivity (Wildman–Crippen MR) is 82.2 cm³/mol. The number of rotatable bonds is 5. The molecule has 1 N–H and O–H groups in total. The number of aryl methyl sites for hydroxylation is 1. The van der Waals surface area contributed by atoms with E-state index in [1.165, 1.54) is 25.3 Å². The van der Waals surface area contributed by atoms with Crippen LogP contribution < -0.4 is 0 Å². The summed E-state index contributed by atoms with van der Waals surface area (Å²) in [4.78, 5) is 15.7. The van der Waals surface area contributed by atoms with E-state index in [-0.39, 0.29) is 28.3 Å². The highest BCUT2D eigenvalue weighted by Crippen LogP contribution is 2.32. The first kappa shape index (κ1) is 18.2. The fourth-order valence-electron chi connectivity index (χ4n) is 1.94. The van der Waals surface area contributed by atoms with Crippen LogP contribution in [0.4, 0.5) is 13.2 Å². The molecule has 0 saturated heterocycles. The first-order valence-electron chi connectivity index (χ1n) is 6.80. The number of benzene rings is 1. The second-order valence-corrected chi connectivity index (χ2v) is 5.95. The van der Waals surface area contributed by atoms with Crippen LogP contribution in [0.2, 0.25) is 0 Å². The van der Waals surface area contributed by atoms with Crippen LogP contribution in [0.1, 0.15) is 27.8 Å². The lowest BCUT2D eigenvalue weighted by atomic mass is 10.1. The number of halogens is 3. The number of aliphatic hydroxyl groups is 1. The molecule has 0 radical (unpaired) electrons. The van der Waals surface area contributed by atoms with Crippen molar-refractivity contribution in [2.45, 2.75) is 25.8 Å². The van der Waals surface area contributed by atoms with Crippen LogP contribution >= 0.6 is 11.3 Å². The van der Waals surface area contributed by atoms with Crippen molar-refractivity contribution < 1.29 is 27.8 Å². The number of hydrogen-bond acceptors (Lipinski definition) is 5. The molecule has 2 rings (SSSR count). The second-order valence-electron chi connectivity index (χ2n) is 5.02. The van der Waals surface area contributed by atoms with Crippen LogP contribution in [0.25, 0.3) is 0 Å². The summed E-state index contributed by atoms with van der Waals surface area (Å²) >= 11 is 1.14. The monoisotopic (exact) mass is 357 g/mol. The molecule has 0 saturated carbocycles. The summed E-state index contributed by atoms with van der Waals surface area (Å²) in [6.45, 7) is 4.45. The van der Waals surface area contributed by atoms with Crippen molar-refractivity contribution in [1.82, 2.24) is 4.98 Å². The van der Waals surface area contributed by atoms with Gasteiger partial charge in [-0.25, -0.2) is 9.78 Å². The third-order valence-electron chi connectivity index (χ3n) is 3.25. The molecule has 0 spiro atoms. The molecule has 4 nitrogen and oxygen atoms in total. The Balaban J connectivity index is 2.03. The van der Waals surface area contributed by atoms with Crippen molar-refractivity contribution in [2.24, 2.45) is 0 Å². The van der Waals surface area contributed by atoms with Gasteiger partial charge in [-0.15, -0.1) is 11.3 Å². The van der Waals surface area contributed by atoms with Gasteiger partial charge in [-0.3, -0.25) is 0 Å². The molecular formula is C16H14F3NO3S. The molecule has 1 unspecified atom stereocenters. The van der Waals surface area contributed by atoms with Gasteiger partial charge in [0.05, 0.1) is 11.1 Å². The quantitative estimate of drug-likeness (QED) is 0.653. The first-order chi connectivity index (χ1) is 11.2. The largest absolute Gasteiger partial charge is 0.457 e. The smallest absolute Gasteiger partial charge is 0.416 e. The van der Waals surface area contributed by atoms with Gasteiger partial charge in [0.25, 0.3) is 0 Å². The lowest BCUT2D eigenvalue weighted by Gasteiger charge is -2.13. The molecule has 1 aromatic heterocycles. The van der Waals surface area contributed by atoms with E-state index in [1.54, 1.807) is 5.38 Å². The average molecular weight is 357 g/mol. The molecule has 0 aliphatic rings. The normalized spacial score (nSPS) is 12.7. The summed E-state index contributed by atoms with van der Waals surface area (Å²) in [6, 6.07) is 3.69. The average Bonchev–Trinajstić information content (AvgIpc) is 3.05. The zero-order valence-corrected chi connectivity index (χ0v) is 13.4. The fourth-order valence-corrected chi connectivity index (χ4v) is 2.59. The zero-order chi connectivity index (χ0) is 17.9. The van der Waals surface area contributed by atoms with E-state index >= 15 is 0 Å². The van der Waals surface area contributed by atoms with Crippen molar-refractivity contribution in [3.8, 4) is 0 Å². The van der Waals surface area contributed by atoms with Gasteiger partial charge in [0, 0.05) is 11.6 Å². The highest BCUT2D eigenvalue weighted by molar-refractivity contribution is 7.09. The summed E-state index contributed by atoms with van der Waals surface area (Å²) in [6.07, 6.45) is -4.32. The standard InChI is InChI=1S/C16H14F3NO3S/c1-9-3-4-11(7-12(9)16(17,18)19)8-23-15(22)10(2)13(21)14-20-5-6-24-14/h3-7,13,21H,2,8H2,1H3. The van der Waals surface area contributed by atoms with Gasteiger partial charge in [-0.2, -0.15) is 13.2 Å². The Kier molecular flexibility index (Phi) is 5.40. The van der Waals surface area contributed by atoms with E-state index in [4.69, 9.17) is 4.74 Å². The van der Waals surface area contributed by atoms with E-state index in [9.17, 15) is 23.1 Å². The lowest BCUT2D eigenvalue weighted by molar-refractivity contribution is -0.141. The Labute approximate surface area is 140 Å². The number of aromatic nitrogens is 1. The molecule has 0 bridgehead atoms. The molecule has 1 atom stereocenters. The van der Waals surface area contributed by atoms with Gasteiger partial charge in [0.2, 0.25) is 0 Å². The number of carbonyl (C=O) groups is 1. The minimum atomic E-state index is -4.48. The zero-order valence-electron chi connectivity index (χ0n) is 12.6. The van der Waals surface area contributed by atoms with Gasteiger partial charge >= 0.3 is 12.1 Å². The molecule has 8 heteroatoms. The van der Waals surface area contributed by atoms with Crippen LogP contribution in [-0.4, -0.2) is 16.1 Å².